The fourth-order valence-corrected chi connectivity index (χ4v) is 4.84. The summed E-state index contributed by atoms with van der Waals surface area (Å²) in [5, 5.41) is 6.20. The topological polar surface area (TPSA) is 98.8 Å². The summed E-state index contributed by atoms with van der Waals surface area (Å²) in [6.07, 6.45) is 1.81. The van der Waals surface area contributed by atoms with Gasteiger partial charge in [0.2, 0.25) is 5.75 Å². The van der Waals surface area contributed by atoms with E-state index in [1.807, 2.05) is 12.1 Å². The third-order valence-corrected chi connectivity index (χ3v) is 6.66. The van der Waals surface area contributed by atoms with Crippen LogP contribution in [0.1, 0.15) is 49.3 Å². The minimum atomic E-state index is -0.403. The molecule has 0 saturated carbocycles. The highest BCUT2D eigenvalue weighted by Gasteiger charge is 2.26. The number of hydrogen-bond donors (Lipinski definition) is 2. The van der Waals surface area contributed by atoms with E-state index < -0.39 is 5.91 Å². The number of fused-ring (bicyclic) bond motifs is 1. The monoisotopic (exact) mass is 467 g/mol. The third-order valence-electron chi connectivity index (χ3n) is 5.59. The number of ether oxygens (including phenoxy) is 3. The summed E-state index contributed by atoms with van der Waals surface area (Å²) in [4.78, 5) is 30.6. The third kappa shape index (κ3) is 4.49. The van der Waals surface area contributed by atoms with E-state index in [-0.39, 0.29) is 11.9 Å². The van der Waals surface area contributed by atoms with Crippen molar-refractivity contribution in [3.63, 3.8) is 0 Å². The highest BCUT2D eigenvalue weighted by atomic mass is 32.1. The molecule has 1 aliphatic carbocycles. The lowest BCUT2D eigenvalue weighted by atomic mass is 10.1. The quantitative estimate of drug-likeness (QED) is 0.542. The van der Waals surface area contributed by atoms with Crippen LogP contribution in [0.3, 0.4) is 0 Å². The second-order valence-electron chi connectivity index (χ2n) is 7.57. The molecule has 0 spiro atoms. The molecule has 1 heterocycles. The molecule has 2 aromatic carbocycles. The molecule has 0 bridgehead atoms. The van der Waals surface area contributed by atoms with Crippen molar-refractivity contribution in [2.75, 3.05) is 26.6 Å². The van der Waals surface area contributed by atoms with Crippen molar-refractivity contribution >= 4 is 28.3 Å². The van der Waals surface area contributed by atoms with Crippen molar-refractivity contribution in [3.05, 3.63) is 63.7 Å². The van der Waals surface area contributed by atoms with Crippen molar-refractivity contribution in [1.29, 1.82) is 0 Å². The van der Waals surface area contributed by atoms with Crippen molar-refractivity contribution < 1.29 is 23.8 Å². The summed E-state index contributed by atoms with van der Waals surface area (Å²) in [6, 6.07) is 11.2. The predicted octanol–water partition coefficient (Wildman–Crippen LogP) is 4.15. The maximum Gasteiger partial charge on any atom is 0.263 e. The number of nitrogens with zero attached hydrogens (tertiary/aromatic N) is 1. The molecule has 172 valence electrons. The van der Waals surface area contributed by atoms with Gasteiger partial charge in [-0.15, -0.1) is 0 Å². The minimum Gasteiger partial charge on any atom is -0.493 e. The Bertz CT molecular complexity index is 1180. The normalized spacial score (nSPS) is 14.4. The zero-order valence-corrected chi connectivity index (χ0v) is 19.7. The molecule has 1 atom stereocenters. The lowest BCUT2D eigenvalue weighted by Crippen LogP contribution is -2.26. The number of carbonyl (C=O) groups is 2. The van der Waals surface area contributed by atoms with Crippen LogP contribution in [0.2, 0.25) is 0 Å². The lowest BCUT2D eigenvalue weighted by molar-refractivity contribution is 0.0939. The number of aromatic nitrogens is 1. The summed E-state index contributed by atoms with van der Waals surface area (Å²) >= 11 is 1.14. The van der Waals surface area contributed by atoms with Gasteiger partial charge in [-0.2, -0.15) is 0 Å². The fraction of sp³-hybridized carbons (Fsp3) is 0.292. The SMILES string of the molecule is COc1cc(C(=O)Nc2nc(C)c(C(=O)NC3CCc4ccccc43)s2)cc(OC)c1OC. The molecular formula is C24H25N3O5S. The predicted molar refractivity (Wildman–Crippen MR) is 126 cm³/mol. The number of thiazole rings is 1. The number of carbonyl (C=O) groups excluding carboxylic acids is 2. The Morgan fingerprint density at radius 1 is 1.03 bits per heavy atom. The van der Waals surface area contributed by atoms with E-state index in [0.717, 1.165) is 29.7 Å². The summed E-state index contributed by atoms with van der Waals surface area (Å²) < 4.78 is 15.9. The Morgan fingerprint density at radius 2 is 1.73 bits per heavy atom. The summed E-state index contributed by atoms with van der Waals surface area (Å²) in [5.41, 5.74) is 3.29. The Labute approximate surface area is 195 Å². The number of aryl methyl sites for hydroxylation is 2. The molecule has 9 heteroatoms. The van der Waals surface area contributed by atoms with E-state index in [0.29, 0.717) is 38.5 Å². The van der Waals surface area contributed by atoms with Crippen LogP contribution in [-0.2, 0) is 6.42 Å². The number of methoxy groups -OCH3 is 3. The average Bonchev–Trinajstić information content (AvgIpc) is 3.40. The number of nitrogens with one attached hydrogen (secondary N) is 2. The van der Waals surface area contributed by atoms with E-state index in [2.05, 4.69) is 27.8 Å². The molecule has 8 nitrogen and oxygen atoms in total. The van der Waals surface area contributed by atoms with Crippen molar-refractivity contribution in [2.24, 2.45) is 0 Å². The first-order valence-electron chi connectivity index (χ1n) is 10.4. The molecule has 0 aliphatic heterocycles. The Morgan fingerprint density at radius 3 is 2.39 bits per heavy atom. The standard InChI is InChI=1S/C24H25N3O5S/c1-13-21(23(29)26-17-10-9-14-7-5-6-8-16(14)17)33-24(25-13)27-22(28)15-11-18(30-2)20(32-4)19(12-15)31-3/h5-8,11-12,17H,9-10H2,1-4H3,(H,26,29)(H,25,27,28). The van der Waals surface area contributed by atoms with E-state index in [1.54, 1.807) is 19.1 Å². The first-order chi connectivity index (χ1) is 15.9. The van der Waals surface area contributed by atoms with Gasteiger partial charge in [0.15, 0.2) is 16.6 Å². The molecular weight excluding hydrogens is 442 g/mol. The smallest absolute Gasteiger partial charge is 0.263 e. The van der Waals surface area contributed by atoms with Crippen molar-refractivity contribution in [2.45, 2.75) is 25.8 Å². The molecule has 33 heavy (non-hydrogen) atoms. The number of hydrogen-bond acceptors (Lipinski definition) is 7. The van der Waals surface area contributed by atoms with E-state index in [9.17, 15) is 9.59 Å². The highest BCUT2D eigenvalue weighted by Crippen LogP contribution is 2.38. The van der Waals surface area contributed by atoms with Gasteiger partial charge in [-0.3, -0.25) is 14.9 Å². The first kappa shape index (κ1) is 22.6. The molecule has 1 aliphatic rings. The Balaban J connectivity index is 1.50. The second kappa shape index (κ2) is 9.50. The van der Waals surface area contributed by atoms with Gasteiger partial charge in [-0.05, 0) is 43.0 Å². The zero-order valence-electron chi connectivity index (χ0n) is 18.9. The van der Waals surface area contributed by atoms with E-state index in [1.165, 1.54) is 26.9 Å². The van der Waals surface area contributed by atoms with E-state index >= 15 is 0 Å². The Kier molecular flexibility index (Phi) is 6.50. The van der Waals surface area contributed by atoms with Crippen LogP contribution < -0.4 is 24.8 Å². The highest BCUT2D eigenvalue weighted by molar-refractivity contribution is 7.17. The van der Waals surface area contributed by atoms with Gasteiger partial charge in [0.25, 0.3) is 11.8 Å². The molecule has 0 saturated heterocycles. The summed E-state index contributed by atoms with van der Waals surface area (Å²) in [5.74, 6) is 0.539. The van der Waals surface area contributed by atoms with Crippen LogP contribution in [0, 0.1) is 6.92 Å². The van der Waals surface area contributed by atoms with Crippen LogP contribution in [0.15, 0.2) is 36.4 Å². The maximum absolute atomic E-state index is 12.9. The van der Waals surface area contributed by atoms with Crippen LogP contribution in [0.25, 0.3) is 0 Å². The molecule has 0 fully saturated rings. The lowest BCUT2D eigenvalue weighted by Gasteiger charge is -2.13. The number of benzene rings is 2. The zero-order chi connectivity index (χ0) is 23.5. The van der Waals surface area contributed by atoms with Crippen LogP contribution >= 0.6 is 11.3 Å². The molecule has 1 unspecified atom stereocenters. The first-order valence-corrected chi connectivity index (χ1v) is 11.2. The van der Waals surface area contributed by atoms with Gasteiger partial charge < -0.3 is 19.5 Å². The van der Waals surface area contributed by atoms with E-state index in [4.69, 9.17) is 14.2 Å². The molecule has 3 aromatic rings. The van der Waals surface area contributed by atoms with Crippen LogP contribution in [0.5, 0.6) is 17.2 Å². The van der Waals surface area contributed by atoms with Crippen LogP contribution in [0.4, 0.5) is 5.13 Å². The van der Waals surface area contributed by atoms with Gasteiger partial charge in [0.1, 0.15) is 4.88 Å². The largest absolute Gasteiger partial charge is 0.493 e. The summed E-state index contributed by atoms with van der Waals surface area (Å²) in [6.45, 7) is 1.75. The van der Waals surface area contributed by atoms with Gasteiger partial charge >= 0.3 is 0 Å². The van der Waals surface area contributed by atoms with Gasteiger partial charge in [0, 0.05) is 5.56 Å². The molecule has 2 N–H and O–H groups in total. The van der Waals surface area contributed by atoms with Gasteiger partial charge in [-0.1, -0.05) is 35.6 Å². The summed E-state index contributed by atoms with van der Waals surface area (Å²) in [7, 11) is 4.46. The van der Waals surface area contributed by atoms with Gasteiger partial charge in [0.05, 0.1) is 33.1 Å². The average molecular weight is 468 g/mol. The fourth-order valence-electron chi connectivity index (χ4n) is 3.97. The number of rotatable bonds is 7. The molecule has 1 aromatic heterocycles. The maximum atomic E-state index is 12.9. The number of anilines is 1. The van der Waals surface area contributed by atoms with Crippen molar-refractivity contribution in [3.8, 4) is 17.2 Å². The Hall–Kier alpha value is -3.59. The molecule has 2 amide bonds. The minimum absolute atomic E-state index is 0.0209. The molecule has 4 rings (SSSR count). The van der Waals surface area contributed by atoms with Crippen molar-refractivity contribution in [1.82, 2.24) is 10.3 Å². The number of amides is 2. The molecule has 0 radical (unpaired) electrons. The van der Waals surface area contributed by atoms with Crippen LogP contribution in [-0.4, -0.2) is 38.1 Å². The van der Waals surface area contributed by atoms with Gasteiger partial charge in [-0.25, -0.2) is 4.98 Å². The second-order valence-corrected chi connectivity index (χ2v) is 8.56.